The molecule has 3 nitrogen and oxygen atoms in total. The number of nitrogens with two attached hydrogens (primary N) is 1. The molecule has 0 unspecified atom stereocenters. The summed E-state index contributed by atoms with van der Waals surface area (Å²) in [5.74, 6) is 0.691. The molecule has 0 bridgehead atoms. The first-order valence-corrected chi connectivity index (χ1v) is 7.06. The van der Waals surface area contributed by atoms with E-state index in [0.29, 0.717) is 5.82 Å². The highest BCUT2D eigenvalue weighted by Crippen LogP contribution is 2.30. The number of para-hydroxylation sites is 1. The Balaban J connectivity index is 2.17. The van der Waals surface area contributed by atoms with Gasteiger partial charge < -0.3 is 5.73 Å². The lowest BCUT2D eigenvalue weighted by Crippen LogP contribution is -2.01. The summed E-state index contributed by atoms with van der Waals surface area (Å²) in [5.41, 5.74) is 12.8. The van der Waals surface area contributed by atoms with Crippen molar-refractivity contribution < 1.29 is 0 Å². The predicted molar refractivity (Wildman–Crippen MR) is 87.6 cm³/mol. The molecule has 0 amide bonds. The van der Waals surface area contributed by atoms with E-state index in [1.54, 1.807) is 0 Å². The highest BCUT2D eigenvalue weighted by molar-refractivity contribution is 5.72. The Kier molecular flexibility index (Phi) is 3.26. The molecule has 3 rings (SSSR count). The maximum Gasteiger partial charge on any atom is 0.130 e. The second kappa shape index (κ2) is 5.09. The van der Waals surface area contributed by atoms with Gasteiger partial charge in [0.15, 0.2) is 0 Å². The number of benzene rings is 2. The number of hydrogen-bond donors (Lipinski definition) is 1. The minimum absolute atomic E-state index is 0.691. The smallest absolute Gasteiger partial charge is 0.130 e. The molecular weight excluding hydrogens is 258 g/mol. The van der Waals surface area contributed by atoms with Crippen LogP contribution in [-0.4, -0.2) is 9.78 Å². The first-order chi connectivity index (χ1) is 10.1. The fourth-order valence-electron chi connectivity index (χ4n) is 2.61. The van der Waals surface area contributed by atoms with Crippen LogP contribution in [0.1, 0.15) is 16.7 Å². The molecule has 1 aromatic heterocycles. The van der Waals surface area contributed by atoms with Crippen LogP contribution in [0.25, 0.3) is 16.9 Å². The number of anilines is 1. The van der Waals surface area contributed by atoms with Crippen LogP contribution >= 0.6 is 0 Å². The van der Waals surface area contributed by atoms with Crippen molar-refractivity contribution in [1.29, 1.82) is 0 Å². The Morgan fingerprint density at radius 1 is 0.952 bits per heavy atom. The third-order valence-corrected chi connectivity index (χ3v) is 3.81. The first-order valence-electron chi connectivity index (χ1n) is 7.06. The topological polar surface area (TPSA) is 43.8 Å². The molecule has 106 valence electrons. The average Bonchev–Trinajstić information content (AvgIpc) is 2.77. The molecule has 2 aromatic carbocycles. The summed E-state index contributed by atoms with van der Waals surface area (Å²) in [6, 6.07) is 16.4. The summed E-state index contributed by atoms with van der Waals surface area (Å²) >= 11 is 0. The van der Waals surface area contributed by atoms with Crippen LogP contribution in [-0.2, 0) is 0 Å². The number of aromatic nitrogens is 2. The summed E-state index contributed by atoms with van der Waals surface area (Å²) in [7, 11) is 0. The van der Waals surface area contributed by atoms with Gasteiger partial charge in [-0.2, -0.15) is 5.10 Å². The molecular formula is C18H19N3. The normalized spacial score (nSPS) is 10.8. The largest absolute Gasteiger partial charge is 0.383 e. The predicted octanol–water partition coefficient (Wildman–Crippen LogP) is 4.05. The summed E-state index contributed by atoms with van der Waals surface area (Å²) in [4.78, 5) is 0. The van der Waals surface area contributed by atoms with Crippen molar-refractivity contribution in [2.24, 2.45) is 0 Å². The summed E-state index contributed by atoms with van der Waals surface area (Å²) < 4.78 is 1.81. The number of nitrogens with zero attached hydrogens (tertiary/aromatic N) is 2. The maximum absolute atomic E-state index is 6.25. The van der Waals surface area contributed by atoms with E-state index in [1.807, 2.05) is 41.9 Å². The van der Waals surface area contributed by atoms with Crippen LogP contribution in [0.15, 0.2) is 48.5 Å². The fourth-order valence-corrected chi connectivity index (χ4v) is 2.61. The molecule has 0 atom stereocenters. The van der Waals surface area contributed by atoms with Gasteiger partial charge in [0.05, 0.1) is 11.4 Å². The van der Waals surface area contributed by atoms with E-state index in [2.05, 4.69) is 32.0 Å². The molecule has 0 aliphatic rings. The Morgan fingerprint density at radius 2 is 1.67 bits per heavy atom. The Labute approximate surface area is 125 Å². The molecule has 0 radical (unpaired) electrons. The van der Waals surface area contributed by atoms with E-state index in [4.69, 9.17) is 10.8 Å². The molecule has 21 heavy (non-hydrogen) atoms. The lowest BCUT2D eigenvalue weighted by Gasteiger charge is -2.05. The molecule has 1 heterocycles. The molecule has 0 saturated heterocycles. The van der Waals surface area contributed by atoms with Gasteiger partial charge in [-0.05, 0) is 38.5 Å². The van der Waals surface area contributed by atoms with Gasteiger partial charge in [-0.15, -0.1) is 0 Å². The van der Waals surface area contributed by atoms with Crippen LogP contribution in [0.4, 0.5) is 5.82 Å². The van der Waals surface area contributed by atoms with Crippen molar-refractivity contribution in [3.05, 3.63) is 65.2 Å². The third-order valence-electron chi connectivity index (χ3n) is 3.81. The zero-order valence-corrected chi connectivity index (χ0v) is 12.6. The minimum Gasteiger partial charge on any atom is -0.383 e. The SMILES string of the molecule is Cc1ccc(-c2nn(-c3ccccc3)c(N)c2C)c(C)c1. The van der Waals surface area contributed by atoms with E-state index < -0.39 is 0 Å². The maximum atomic E-state index is 6.25. The van der Waals surface area contributed by atoms with Crippen LogP contribution in [0.2, 0.25) is 0 Å². The van der Waals surface area contributed by atoms with Gasteiger partial charge in [0.25, 0.3) is 0 Å². The van der Waals surface area contributed by atoms with Crippen molar-refractivity contribution in [3.63, 3.8) is 0 Å². The lowest BCUT2D eigenvalue weighted by atomic mass is 10.0. The van der Waals surface area contributed by atoms with E-state index in [-0.39, 0.29) is 0 Å². The van der Waals surface area contributed by atoms with Crippen molar-refractivity contribution in [2.75, 3.05) is 5.73 Å². The van der Waals surface area contributed by atoms with Crippen LogP contribution < -0.4 is 5.73 Å². The third kappa shape index (κ3) is 2.31. The van der Waals surface area contributed by atoms with E-state index in [9.17, 15) is 0 Å². The second-order valence-corrected chi connectivity index (χ2v) is 5.42. The molecule has 0 fully saturated rings. The first kappa shape index (κ1) is 13.4. The minimum atomic E-state index is 0.691. The van der Waals surface area contributed by atoms with Gasteiger partial charge in [-0.1, -0.05) is 42.0 Å². The molecule has 0 saturated carbocycles. The molecule has 2 N–H and O–H groups in total. The van der Waals surface area contributed by atoms with Gasteiger partial charge in [0, 0.05) is 11.1 Å². The number of aryl methyl sites for hydroxylation is 2. The van der Waals surface area contributed by atoms with Crippen LogP contribution in [0.5, 0.6) is 0 Å². The number of rotatable bonds is 2. The summed E-state index contributed by atoms with van der Waals surface area (Å²) in [6.45, 7) is 6.23. The van der Waals surface area contributed by atoms with E-state index in [1.165, 1.54) is 11.1 Å². The highest BCUT2D eigenvalue weighted by Gasteiger charge is 2.15. The van der Waals surface area contributed by atoms with Crippen LogP contribution in [0, 0.1) is 20.8 Å². The van der Waals surface area contributed by atoms with Crippen LogP contribution in [0.3, 0.4) is 0 Å². The molecule has 3 heteroatoms. The fraction of sp³-hybridized carbons (Fsp3) is 0.167. The molecule has 0 aliphatic carbocycles. The van der Waals surface area contributed by atoms with Crippen molar-refractivity contribution in [2.45, 2.75) is 20.8 Å². The Hall–Kier alpha value is -2.55. The van der Waals surface area contributed by atoms with Gasteiger partial charge >= 0.3 is 0 Å². The lowest BCUT2D eigenvalue weighted by molar-refractivity contribution is 0.894. The Bertz CT molecular complexity index is 786. The van der Waals surface area contributed by atoms with Crippen molar-refractivity contribution >= 4 is 5.82 Å². The highest BCUT2D eigenvalue weighted by atomic mass is 15.3. The standard InChI is InChI=1S/C18H19N3/c1-12-9-10-16(13(2)11-12)17-14(3)18(19)21(20-17)15-7-5-4-6-8-15/h4-11H,19H2,1-3H3. The summed E-state index contributed by atoms with van der Waals surface area (Å²) in [5, 5.41) is 4.73. The number of hydrogen-bond acceptors (Lipinski definition) is 2. The summed E-state index contributed by atoms with van der Waals surface area (Å²) in [6.07, 6.45) is 0. The van der Waals surface area contributed by atoms with Gasteiger partial charge in [0.2, 0.25) is 0 Å². The quantitative estimate of drug-likeness (QED) is 0.768. The molecule has 0 spiro atoms. The monoisotopic (exact) mass is 277 g/mol. The van der Waals surface area contributed by atoms with Crippen molar-refractivity contribution in [3.8, 4) is 16.9 Å². The Morgan fingerprint density at radius 3 is 2.33 bits per heavy atom. The molecule has 3 aromatic rings. The van der Waals surface area contributed by atoms with E-state index >= 15 is 0 Å². The van der Waals surface area contributed by atoms with Gasteiger partial charge in [0.1, 0.15) is 5.82 Å². The van der Waals surface area contributed by atoms with E-state index in [0.717, 1.165) is 22.5 Å². The van der Waals surface area contributed by atoms with Crippen molar-refractivity contribution in [1.82, 2.24) is 9.78 Å². The van der Waals surface area contributed by atoms with Gasteiger partial charge in [-0.25, -0.2) is 4.68 Å². The average molecular weight is 277 g/mol. The van der Waals surface area contributed by atoms with Gasteiger partial charge in [-0.3, -0.25) is 0 Å². The zero-order valence-electron chi connectivity index (χ0n) is 12.6. The zero-order chi connectivity index (χ0) is 15.0. The number of nitrogen functional groups attached to an aromatic ring is 1. The second-order valence-electron chi connectivity index (χ2n) is 5.42. The molecule has 0 aliphatic heterocycles.